The molecule has 4 rings (SSSR count). The van der Waals surface area contributed by atoms with Gasteiger partial charge in [-0.1, -0.05) is 93.1 Å². The number of hydrogen-bond acceptors (Lipinski definition) is 8. The molecule has 0 aliphatic carbocycles. The van der Waals surface area contributed by atoms with Crippen molar-refractivity contribution in [1.29, 1.82) is 0 Å². The minimum atomic E-state index is -1.05. The molecule has 1 fully saturated rings. The maximum Gasteiger partial charge on any atom is 0.316 e. The lowest BCUT2D eigenvalue weighted by molar-refractivity contribution is -0.292. The van der Waals surface area contributed by atoms with Crippen molar-refractivity contribution in [2.45, 2.75) is 89.4 Å². The average Bonchev–Trinajstić information content (AvgIpc) is 3.05. The van der Waals surface area contributed by atoms with Crippen LogP contribution < -0.4 is 0 Å². The third kappa shape index (κ3) is 8.23. The van der Waals surface area contributed by atoms with Crippen LogP contribution in [0.15, 0.2) is 72.8 Å². The third-order valence-corrected chi connectivity index (χ3v) is 8.98. The van der Waals surface area contributed by atoms with Crippen LogP contribution in [0.4, 0.5) is 0 Å². The van der Waals surface area contributed by atoms with Crippen LogP contribution in [-0.4, -0.2) is 63.6 Å². The van der Waals surface area contributed by atoms with E-state index in [1.165, 1.54) is 7.11 Å². The Kier molecular flexibility index (Phi) is 12.7. The highest BCUT2D eigenvalue weighted by molar-refractivity contribution is 6.01. The Morgan fingerprint density at radius 2 is 1.32 bits per heavy atom. The van der Waals surface area contributed by atoms with Gasteiger partial charge in [-0.2, -0.15) is 0 Å². The summed E-state index contributed by atoms with van der Waals surface area (Å²) in [6, 6.07) is 19.3. The average molecular weight is 609 g/mol. The number of esters is 1. The summed E-state index contributed by atoms with van der Waals surface area (Å²) in [4.78, 5) is 27.5. The van der Waals surface area contributed by atoms with Gasteiger partial charge in [-0.15, -0.1) is 0 Å². The van der Waals surface area contributed by atoms with Crippen molar-refractivity contribution in [2.24, 2.45) is 17.8 Å². The van der Waals surface area contributed by atoms with Crippen LogP contribution in [-0.2, 0) is 38.0 Å². The molecule has 2 bridgehead atoms. The molecule has 2 aliphatic heterocycles. The molecular weight excluding hydrogens is 560 g/mol. The van der Waals surface area contributed by atoms with Gasteiger partial charge in [-0.3, -0.25) is 9.59 Å². The highest BCUT2D eigenvalue weighted by Crippen LogP contribution is 2.39. The van der Waals surface area contributed by atoms with E-state index in [4.69, 9.17) is 28.4 Å². The lowest BCUT2D eigenvalue weighted by Crippen LogP contribution is -2.53. The summed E-state index contributed by atoms with van der Waals surface area (Å²) in [5.74, 6) is -2.30. The number of carbonyl (C=O) groups excluding carboxylic acids is 2. The first kappa shape index (κ1) is 34.0. The van der Waals surface area contributed by atoms with E-state index in [-0.39, 0.29) is 35.9 Å². The number of fused-ring (bicyclic) bond motifs is 2. The summed E-state index contributed by atoms with van der Waals surface area (Å²) < 4.78 is 36.6. The van der Waals surface area contributed by atoms with E-state index in [0.717, 1.165) is 30.4 Å². The smallest absolute Gasteiger partial charge is 0.316 e. The summed E-state index contributed by atoms with van der Waals surface area (Å²) >= 11 is 0. The molecule has 1 unspecified atom stereocenters. The van der Waals surface area contributed by atoms with Crippen LogP contribution >= 0.6 is 0 Å². The highest BCUT2D eigenvalue weighted by atomic mass is 16.7. The van der Waals surface area contributed by atoms with Crippen molar-refractivity contribution in [3.05, 3.63) is 83.9 Å². The Bertz CT molecular complexity index is 1200. The summed E-state index contributed by atoms with van der Waals surface area (Å²) in [5.41, 5.74) is 1.73. The molecule has 2 aromatic rings. The zero-order valence-electron chi connectivity index (χ0n) is 26.8. The lowest BCUT2D eigenvalue weighted by atomic mass is 9.82. The van der Waals surface area contributed by atoms with E-state index in [0.29, 0.717) is 6.42 Å². The normalized spacial score (nSPS) is 35.2. The molecule has 1 saturated heterocycles. The minimum Gasteiger partial charge on any atom is -0.457 e. The molecule has 8 nitrogen and oxygen atoms in total. The van der Waals surface area contributed by atoms with Gasteiger partial charge in [-0.25, -0.2) is 0 Å². The number of Topliss-reactive ketones (excluding diaryl/α,β-unsaturated/α-hetero) is 1. The number of carbonyl (C=O) groups is 2. The molecule has 2 aliphatic rings. The fourth-order valence-corrected chi connectivity index (χ4v) is 6.29. The zero-order valence-corrected chi connectivity index (χ0v) is 26.8. The molecular formula is C36H48O8. The molecule has 0 N–H and O–H groups in total. The van der Waals surface area contributed by atoms with Crippen LogP contribution in [0, 0.1) is 17.8 Å². The van der Waals surface area contributed by atoms with Crippen LogP contribution in [0.3, 0.4) is 0 Å². The third-order valence-electron chi connectivity index (χ3n) is 8.98. The Balaban J connectivity index is 1.71. The number of rotatable bonds is 5. The number of ether oxygens (including phenoxy) is 6. The van der Waals surface area contributed by atoms with Gasteiger partial charge < -0.3 is 28.4 Å². The van der Waals surface area contributed by atoms with Crippen LogP contribution in [0.5, 0.6) is 0 Å². The number of methoxy groups -OCH3 is 3. The van der Waals surface area contributed by atoms with E-state index in [1.807, 2.05) is 67.6 Å². The predicted octanol–water partition coefficient (Wildman–Crippen LogP) is 6.41. The first-order valence-corrected chi connectivity index (χ1v) is 15.7. The molecule has 0 amide bonds. The standard InChI is InChI=1S/C36H48O8/c1-23-21-22-30(40-5)29(39-4)20-14-13-19-28(26-15-9-7-10-16-26)42-35(38)24(2)31(37)34(41-6)33-25(3)32(23)43-36(44-33)27-17-11-8-12-18-27/h7-12,15-18,21-25,28-30,32-34,36H,13-14,19-20H2,1-6H3/b22-21+/t23-,24?,25+,28-,29-,30+,32-,33-,34-,36+/m0/s1. The summed E-state index contributed by atoms with van der Waals surface area (Å²) in [6.07, 6.45) is 3.61. The van der Waals surface area contributed by atoms with E-state index in [2.05, 4.69) is 19.1 Å². The molecule has 44 heavy (non-hydrogen) atoms. The van der Waals surface area contributed by atoms with Crippen molar-refractivity contribution in [3.8, 4) is 0 Å². The van der Waals surface area contributed by atoms with Crippen LogP contribution in [0.1, 0.15) is 70.0 Å². The largest absolute Gasteiger partial charge is 0.457 e. The van der Waals surface area contributed by atoms with Gasteiger partial charge >= 0.3 is 5.97 Å². The Morgan fingerprint density at radius 1 is 0.705 bits per heavy atom. The molecule has 0 aromatic heterocycles. The second-order valence-electron chi connectivity index (χ2n) is 11.9. The summed E-state index contributed by atoms with van der Waals surface area (Å²) in [6.45, 7) is 5.67. The van der Waals surface area contributed by atoms with E-state index in [1.54, 1.807) is 21.1 Å². The van der Waals surface area contributed by atoms with Crippen LogP contribution in [0.2, 0.25) is 0 Å². The van der Waals surface area contributed by atoms with Gasteiger partial charge in [0.15, 0.2) is 12.1 Å². The van der Waals surface area contributed by atoms with E-state index in [9.17, 15) is 9.59 Å². The lowest BCUT2D eigenvalue weighted by Gasteiger charge is -2.45. The van der Waals surface area contributed by atoms with Gasteiger partial charge in [-0.05, 0) is 31.7 Å². The Labute approximate surface area is 262 Å². The molecule has 240 valence electrons. The molecule has 0 radical (unpaired) electrons. The first-order valence-electron chi connectivity index (χ1n) is 15.7. The zero-order chi connectivity index (χ0) is 31.6. The van der Waals surface area contributed by atoms with Gasteiger partial charge in [0.1, 0.15) is 24.2 Å². The molecule has 10 atom stereocenters. The van der Waals surface area contributed by atoms with E-state index < -0.39 is 36.5 Å². The predicted molar refractivity (Wildman–Crippen MR) is 167 cm³/mol. The van der Waals surface area contributed by atoms with E-state index >= 15 is 0 Å². The topological polar surface area (TPSA) is 89.5 Å². The number of benzene rings is 2. The fraction of sp³-hybridized carbons (Fsp3) is 0.556. The van der Waals surface area contributed by atoms with Crippen molar-refractivity contribution in [2.75, 3.05) is 21.3 Å². The van der Waals surface area contributed by atoms with Crippen molar-refractivity contribution >= 4 is 11.8 Å². The maximum atomic E-state index is 14.0. The number of ketones is 1. The van der Waals surface area contributed by atoms with Crippen molar-refractivity contribution in [1.82, 2.24) is 0 Å². The van der Waals surface area contributed by atoms with Gasteiger partial charge in [0.2, 0.25) is 0 Å². The first-order chi connectivity index (χ1) is 21.3. The molecule has 8 heteroatoms. The molecule has 2 heterocycles. The second-order valence-corrected chi connectivity index (χ2v) is 11.9. The molecule has 0 saturated carbocycles. The van der Waals surface area contributed by atoms with Gasteiger partial charge in [0.05, 0.1) is 18.3 Å². The SMILES string of the molecule is CO[C@H]1CCCC[C@@H](c2ccccc2)OC(=O)C(C)C(=O)[C@H](OC)[C@H]2O[C@H](c3ccccc3)O[C@H]([C@H]2C)[C@@H](C)/C=C/[C@H]1OC. The molecule has 2 aromatic carbocycles. The fourth-order valence-electron chi connectivity index (χ4n) is 6.29. The summed E-state index contributed by atoms with van der Waals surface area (Å²) in [7, 11) is 4.87. The Morgan fingerprint density at radius 3 is 1.93 bits per heavy atom. The maximum absolute atomic E-state index is 14.0. The highest BCUT2D eigenvalue weighted by Gasteiger charge is 2.47. The van der Waals surface area contributed by atoms with Crippen molar-refractivity contribution < 1.29 is 38.0 Å². The number of cyclic esters (lactones) is 1. The molecule has 0 spiro atoms. The monoisotopic (exact) mass is 608 g/mol. The quantitative estimate of drug-likeness (QED) is 0.219. The second kappa shape index (κ2) is 16.4. The number of hydrogen-bond donors (Lipinski definition) is 0. The summed E-state index contributed by atoms with van der Waals surface area (Å²) in [5, 5.41) is 0. The van der Waals surface area contributed by atoms with Gasteiger partial charge in [0, 0.05) is 38.7 Å². The van der Waals surface area contributed by atoms with Gasteiger partial charge in [0.25, 0.3) is 0 Å². The Hall–Kier alpha value is -2.88. The van der Waals surface area contributed by atoms with Crippen molar-refractivity contribution in [3.63, 3.8) is 0 Å². The van der Waals surface area contributed by atoms with Crippen LogP contribution in [0.25, 0.3) is 0 Å². The minimum absolute atomic E-state index is 0.0571.